The van der Waals surface area contributed by atoms with Crippen molar-refractivity contribution in [2.45, 2.75) is 45.6 Å². The molecule has 0 aromatic heterocycles. The minimum atomic E-state index is 0.0296. The molecule has 1 unspecified atom stereocenters. The van der Waals surface area contributed by atoms with Gasteiger partial charge in [-0.25, -0.2) is 0 Å². The molecule has 1 N–H and O–H groups in total. The lowest BCUT2D eigenvalue weighted by atomic mass is 10.1. The normalized spacial score (nSPS) is 18.5. The first-order valence-electron chi connectivity index (χ1n) is 6.16. The van der Waals surface area contributed by atoms with E-state index in [1.807, 2.05) is 20.9 Å². The number of hydrogen-bond acceptors (Lipinski definition) is 3. The van der Waals surface area contributed by atoms with Gasteiger partial charge in [-0.1, -0.05) is 20.3 Å². The number of piperidine rings is 1. The fourth-order valence-electron chi connectivity index (χ4n) is 1.77. The van der Waals surface area contributed by atoms with Gasteiger partial charge in [-0.2, -0.15) is 5.26 Å². The van der Waals surface area contributed by atoms with Crippen molar-refractivity contribution in [1.82, 2.24) is 10.2 Å². The quantitative estimate of drug-likeness (QED) is 0.773. The first-order valence-corrected chi connectivity index (χ1v) is 6.16. The molecule has 0 spiro atoms. The van der Waals surface area contributed by atoms with Crippen molar-refractivity contribution in [3.8, 4) is 6.07 Å². The van der Waals surface area contributed by atoms with Crippen LogP contribution in [0.3, 0.4) is 0 Å². The highest BCUT2D eigenvalue weighted by atomic mass is 15.1. The van der Waals surface area contributed by atoms with Crippen molar-refractivity contribution in [1.29, 1.82) is 5.26 Å². The average molecular weight is 211 g/mol. The molecule has 1 aliphatic rings. The lowest BCUT2D eigenvalue weighted by Crippen LogP contribution is -2.34. The Bertz CT molecular complexity index is 168. The Kier molecular flexibility index (Phi) is 9.55. The first-order chi connectivity index (χ1) is 7.36. The summed E-state index contributed by atoms with van der Waals surface area (Å²) in [7, 11) is 1.85. The number of nitrogens with zero attached hydrogens (tertiary/aromatic N) is 2. The number of nitriles is 1. The van der Waals surface area contributed by atoms with Gasteiger partial charge in [0.05, 0.1) is 12.1 Å². The maximum Gasteiger partial charge on any atom is 0.0962 e. The van der Waals surface area contributed by atoms with E-state index in [2.05, 4.69) is 16.3 Å². The number of nitrogens with one attached hydrogen (secondary N) is 1. The molecule has 1 rings (SSSR count). The van der Waals surface area contributed by atoms with Crippen LogP contribution in [0.1, 0.15) is 39.5 Å². The SMILES string of the molecule is CC.CNC(C#N)CCN1CCCCC1. The number of rotatable bonds is 4. The van der Waals surface area contributed by atoms with E-state index in [0.29, 0.717) is 0 Å². The van der Waals surface area contributed by atoms with E-state index in [1.165, 1.54) is 32.4 Å². The Hall–Kier alpha value is -0.590. The lowest BCUT2D eigenvalue weighted by Gasteiger charge is -2.26. The van der Waals surface area contributed by atoms with Crippen LogP contribution in [0, 0.1) is 11.3 Å². The van der Waals surface area contributed by atoms with Gasteiger partial charge < -0.3 is 10.2 Å². The summed E-state index contributed by atoms with van der Waals surface area (Å²) in [5, 5.41) is 11.7. The highest BCUT2D eigenvalue weighted by molar-refractivity contribution is 4.89. The van der Waals surface area contributed by atoms with Gasteiger partial charge in [0.25, 0.3) is 0 Å². The van der Waals surface area contributed by atoms with Crippen molar-refractivity contribution in [2.75, 3.05) is 26.7 Å². The van der Waals surface area contributed by atoms with Crippen molar-refractivity contribution < 1.29 is 0 Å². The Labute approximate surface area is 94.5 Å². The van der Waals surface area contributed by atoms with Crippen molar-refractivity contribution >= 4 is 0 Å². The van der Waals surface area contributed by atoms with Crippen LogP contribution < -0.4 is 5.32 Å². The van der Waals surface area contributed by atoms with E-state index in [0.717, 1.165) is 13.0 Å². The predicted octanol–water partition coefficient (Wildman–Crippen LogP) is 2.00. The van der Waals surface area contributed by atoms with Gasteiger partial charge in [-0.3, -0.25) is 0 Å². The first kappa shape index (κ1) is 14.4. The van der Waals surface area contributed by atoms with Crippen LogP contribution in [0.15, 0.2) is 0 Å². The number of hydrogen-bond donors (Lipinski definition) is 1. The minimum Gasteiger partial charge on any atom is -0.305 e. The highest BCUT2D eigenvalue weighted by Crippen LogP contribution is 2.09. The van der Waals surface area contributed by atoms with E-state index in [1.54, 1.807) is 0 Å². The van der Waals surface area contributed by atoms with Crippen LogP contribution in [-0.4, -0.2) is 37.6 Å². The predicted molar refractivity (Wildman–Crippen MR) is 64.7 cm³/mol. The van der Waals surface area contributed by atoms with E-state index in [9.17, 15) is 0 Å². The summed E-state index contributed by atoms with van der Waals surface area (Å²) in [6.07, 6.45) is 4.99. The topological polar surface area (TPSA) is 39.1 Å². The zero-order valence-electron chi connectivity index (χ0n) is 10.4. The molecule has 0 amide bonds. The molecule has 3 nitrogen and oxygen atoms in total. The molecule has 1 saturated heterocycles. The summed E-state index contributed by atoms with van der Waals surface area (Å²) >= 11 is 0. The molecule has 1 atom stereocenters. The molecule has 1 fully saturated rings. The van der Waals surface area contributed by atoms with Gasteiger partial charge in [0.1, 0.15) is 0 Å². The van der Waals surface area contributed by atoms with Gasteiger partial charge in [0.15, 0.2) is 0 Å². The van der Waals surface area contributed by atoms with E-state index in [4.69, 9.17) is 5.26 Å². The highest BCUT2D eigenvalue weighted by Gasteiger charge is 2.11. The number of likely N-dealkylation sites (tertiary alicyclic amines) is 1. The standard InChI is InChI=1S/C10H19N3.C2H6/c1-12-10(9-11)5-8-13-6-3-2-4-7-13;1-2/h10,12H,2-8H2,1H3;1-2H3. The van der Waals surface area contributed by atoms with Crippen molar-refractivity contribution in [3.63, 3.8) is 0 Å². The van der Waals surface area contributed by atoms with Crippen LogP contribution in [0.4, 0.5) is 0 Å². The summed E-state index contributed by atoms with van der Waals surface area (Å²) in [4.78, 5) is 2.46. The fraction of sp³-hybridized carbons (Fsp3) is 0.917. The van der Waals surface area contributed by atoms with Crippen LogP contribution in [0.2, 0.25) is 0 Å². The lowest BCUT2D eigenvalue weighted by molar-refractivity contribution is 0.222. The Morgan fingerprint density at radius 3 is 2.33 bits per heavy atom. The van der Waals surface area contributed by atoms with E-state index in [-0.39, 0.29) is 6.04 Å². The van der Waals surface area contributed by atoms with Gasteiger partial charge in [0, 0.05) is 6.54 Å². The maximum atomic E-state index is 8.72. The molecule has 0 radical (unpaired) electrons. The van der Waals surface area contributed by atoms with Crippen molar-refractivity contribution in [3.05, 3.63) is 0 Å². The van der Waals surface area contributed by atoms with Gasteiger partial charge >= 0.3 is 0 Å². The second-order valence-electron chi connectivity index (χ2n) is 3.66. The minimum absolute atomic E-state index is 0.0296. The van der Waals surface area contributed by atoms with Crippen LogP contribution in [0.25, 0.3) is 0 Å². The summed E-state index contributed by atoms with van der Waals surface area (Å²) < 4.78 is 0. The summed E-state index contributed by atoms with van der Waals surface area (Å²) in [5.41, 5.74) is 0. The maximum absolute atomic E-state index is 8.72. The summed E-state index contributed by atoms with van der Waals surface area (Å²) in [6.45, 7) is 7.52. The molecule has 15 heavy (non-hydrogen) atoms. The monoisotopic (exact) mass is 211 g/mol. The van der Waals surface area contributed by atoms with E-state index >= 15 is 0 Å². The Balaban J connectivity index is 0.000000921. The molecular formula is C12H25N3. The van der Waals surface area contributed by atoms with Crippen molar-refractivity contribution in [2.24, 2.45) is 0 Å². The molecule has 3 heteroatoms. The Morgan fingerprint density at radius 2 is 1.87 bits per heavy atom. The zero-order chi connectivity index (χ0) is 11.5. The third-order valence-electron chi connectivity index (χ3n) is 2.69. The second kappa shape index (κ2) is 9.95. The molecule has 0 aliphatic carbocycles. The molecular weight excluding hydrogens is 186 g/mol. The average Bonchev–Trinajstić information content (AvgIpc) is 2.34. The van der Waals surface area contributed by atoms with Gasteiger partial charge in [0.2, 0.25) is 0 Å². The smallest absolute Gasteiger partial charge is 0.0962 e. The zero-order valence-corrected chi connectivity index (χ0v) is 10.4. The molecule has 1 aliphatic heterocycles. The summed E-state index contributed by atoms with van der Waals surface area (Å²) in [6, 6.07) is 2.28. The second-order valence-corrected chi connectivity index (χ2v) is 3.66. The van der Waals surface area contributed by atoms with Gasteiger partial charge in [-0.15, -0.1) is 0 Å². The molecule has 0 bridgehead atoms. The van der Waals surface area contributed by atoms with E-state index < -0.39 is 0 Å². The van der Waals surface area contributed by atoms with Crippen LogP contribution in [0.5, 0.6) is 0 Å². The van der Waals surface area contributed by atoms with Crippen LogP contribution in [-0.2, 0) is 0 Å². The van der Waals surface area contributed by atoms with Crippen LogP contribution >= 0.6 is 0 Å². The fourth-order valence-corrected chi connectivity index (χ4v) is 1.77. The Morgan fingerprint density at radius 1 is 1.27 bits per heavy atom. The van der Waals surface area contributed by atoms with Gasteiger partial charge in [-0.05, 0) is 39.4 Å². The summed E-state index contributed by atoms with van der Waals surface area (Å²) in [5.74, 6) is 0. The molecule has 88 valence electrons. The molecule has 0 aromatic carbocycles. The molecule has 0 aromatic rings. The third kappa shape index (κ3) is 6.48. The molecule has 1 heterocycles. The molecule has 0 saturated carbocycles. The largest absolute Gasteiger partial charge is 0.305 e. The third-order valence-corrected chi connectivity index (χ3v) is 2.69.